The number of carbonyl (C=O) groups is 1. The molecule has 1 aromatic heterocycles. The molecule has 0 radical (unpaired) electrons. The minimum Gasteiger partial charge on any atom is -0.279 e. The Bertz CT molecular complexity index is 1440. The summed E-state index contributed by atoms with van der Waals surface area (Å²) in [5.41, 5.74) is 1.98. The lowest BCUT2D eigenvalue weighted by Crippen LogP contribution is -2.32. The Labute approximate surface area is 221 Å². The van der Waals surface area contributed by atoms with E-state index in [-0.39, 0.29) is 10.8 Å². The summed E-state index contributed by atoms with van der Waals surface area (Å²) in [7, 11) is -3.63. The zero-order valence-electron chi connectivity index (χ0n) is 20.2. The van der Waals surface area contributed by atoms with Crippen molar-refractivity contribution in [2.24, 2.45) is 0 Å². The number of carbonyl (C=O) groups excluding carboxylic acids is 1. The number of amides is 1. The van der Waals surface area contributed by atoms with Gasteiger partial charge in [-0.3, -0.25) is 9.69 Å². The average Bonchev–Trinajstić information content (AvgIpc) is 3.33. The highest BCUT2D eigenvalue weighted by Crippen LogP contribution is 2.34. The van der Waals surface area contributed by atoms with Gasteiger partial charge in [0.25, 0.3) is 5.91 Å². The number of benzene rings is 3. The highest BCUT2D eigenvalue weighted by Gasteiger charge is 2.25. The molecule has 9 heteroatoms. The lowest BCUT2D eigenvalue weighted by atomic mass is 10.1. The minimum atomic E-state index is -3.63. The zero-order chi connectivity index (χ0) is 25.7. The third-order valence-corrected chi connectivity index (χ3v) is 9.21. The van der Waals surface area contributed by atoms with Gasteiger partial charge in [0.1, 0.15) is 5.52 Å². The summed E-state index contributed by atoms with van der Waals surface area (Å²) in [6, 6.07) is 21.4. The molecule has 0 spiro atoms. The molecule has 6 nitrogen and oxygen atoms in total. The smallest absolute Gasteiger partial charge is 0.260 e. The van der Waals surface area contributed by atoms with Gasteiger partial charge in [-0.05, 0) is 48.4 Å². The largest absolute Gasteiger partial charge is 0.279 e. The summed E-state index contributed by atoms with van der Waals surface area (Å²) in [6.07, 6.45) is 1.71. The van der Waals surface area contributed by atoms with Crippen molar-refractivity contribution in [1.29, 1.82) is 0 Å². The van der Waals surface area contributed by atoms with Gasteiger partial charge < -0.3 is 0 Å². The molecule has 0 unspecified atom stereocenters. The fourth-order valence-electron chi connectivity index (χ4n) is 3.87. The average molecular weight is 542 g/mol. The second-order valence-electron chi connectivity index (χ2n) is 8.33. The van der Waals surface area contributed by atoms with Crippen molar-refractivity contribution in [3.05, 3.63) is 88.9 Å². The van der Waals surface area contributed by atoms with Crippen LogP contribution in [-0.4, -0.2) is 36.7 Å². The molecule has 0 bridgehead atoms. The predicted octanol–water partition coefficient (Wildman–Crippen LogP) is 6.61. The quantitative estimate of drug-likeness (QED) is 0.226. The van der Waals surface area contributed by atoms with E-state index in [4.69, 9.17) is 11.6 Å². The van der Waals surface area contributed by atoms with Gasteiger partial charge in [0.2, 0.25) is 10.0 Å². The SMILES string of the molecule is CCCCN(CC)S(=O)(=O)c1ccc(C(=O)N(Cc2ccccc2)c2nc3c(Cl)cccc3s2)cc1. The van der Waals surface area contributed by atoms with Gasteiger partial charge in [0.15, 0.2) is 5.13 Å². The second kappa shape index (κ2) is 11.5. The van der Waals surface area contributed by atoms with Crippen molar-refractivity contribution < 1.29 is 13.2 Å². The second-order valence-corrected chi connectivity index (χ2v) is 11.7. The van der Waals surface area contributed by atoms with E-state index >= 15 is 0 Å². The van der Waals surface area contributed by atoms with Crippen LogP contribution < -0.4 is 4.90 Å². The first-order valence-electron chi connectivity index (χ1n) is 11.9. The normalized spacial score (nSPS) is 11.8. The number of hydrogen-bond donors (Lipinski definition) is 0. The fourth-order valence-corrected chi connectivity index (χ4v) is 6.62. The Morgan fingerprint density at radius 1 is 0.972 bits per heavy atom. The van der Waals surface area contributed by atoms with Gasteiger partial charge in [-0.1, -0.05) is 79.6 Å². The van der Waals surface area contributed by atoms with E-state index in [0.717, 1.165) is 23.1 Å². The van der Waals surface area contributed by atoms with E-state index in [1.54, 1.807) is 23.1 Å². The molecule has 0 aliphatic carbocycles. The molecule has 188 valence electrons. The van der Waals surface area contributed by atoms with E-state index in [1.807, 2.05) is 56.3 Å². The maximum atomic E-state index is 13.7. The molecule has 4 rings (SSSR count). The van der Waals surface area contributed by atoms with Crippen molar-refractivity contribution in [1.82, 2.24) is 9.29 Å². The summed E-state index contributed by atoms with van der Waals surface area (Å²) < 4.78 is 28.5. The van der Waals surface area contributed by atoms with Crippen LogP contribution in [0.2, 0.25) is 5.02 Å². The number of para-hydroxylation sites is 1. The van der Waals surface area contributed by atoms with E-state index < -0.39 is 10.0 Å². The van der Waals surface area contributed by atoms with Crippen LogP contribution in [0.5, 0.6) is 0 Å². The molecule has 0 aliphatic heterocycles. The molecule has 0 N–H and O–H groups in total. The van der Waals surface area contributed by atoms with Crippen LogP contribution >= 0.6 is 22.9 Å². The molecule has 0 saturated carbocycles. The maximum absolute atomic E-state index is 13.7. The Morgan fingerprint density at radius 2 is 1.69 bits per heavy atom. The first-order valence-corrected chi connectivity index (χ1v) is 14.5. The molecule has 1 heterocycles. The molecule has 1 amide bonds. The van der Waals surface area contributed by atoms with Crippen molar-refractivity contribution in [2.75, 3.05) is 18.0 Å². The van der Waals surface area contributed by atoms with Gasteiger partial charge in [-0.25, -0.2) is 13.4 Å². The van der Waals surface area contributed by atoms with Gasteiger partial charge in [0.05, 0.1) is 21.2 Å². The van der Waals surface area contributed by atoms with E-state index in [0.29, 0.717) is 40.9 Å². The molecular formula is C27H28ClN3O3S2. The molecular weight excluding hydrogens is 514 g/mol. The summed E-state index contributed by atoms with van der Waals surface area (Å²) >= 11 is 7.73. The number of rotatable bonds is 10. The minimum absolute atomic E-state index is 0.179. The molecule has 3 aromatic carbocycles. The number of nitrogens with zero attached hydrogens (tertiary/aromatic N) is 3. The lowest BCUT2D eigenvalue weighted by Gasteiger charge is -2.22. The van der Waals surface area contributed by atoms with E-state index in [2.05, 4.69) is 4.98 Å². The zero-order valence-corrected chi connectivity index (χ0v) is 22.6. The highest BCUT2D eigenvalue weighted by molar-refractivity contribution is 7.89. The number of halogens is 1. The topological polar surface area (TPSA) is 70.6 Å². The van der Waals surface area contributed by atoms with Crippen LogP contribution in [0, 0.1) is 0 Å². The number of fused-ring (bicyclic) bond motifs is 1. The van der Waals surface area contributed by atoms with Crippen LogP contribution in [0.1, 0.15) is 42.6 Å². The Balaban J connectivity index is 1.67. The van der Waals surface area contributed by atoms with Crippen molar-refractivity contribution >= 4 is 54.2 Å². The molecule has 4 aromatic rings. The summed E-state index contributed by atoms with van der Waals surface area (Å²) in [5.74, 6) is -0.267. The number of sulfonamides is 1. The fraction of sp³-hybridized carbons (Fsp3) is 0.259. The standard InChI is InChI=1S/C27H28ClN3O3S2/c1-3-5-18-30(4-2)36(33,34)22-16-14-21(15-17-22)26(32)31(19-20-10-7-6-8-11-20)27-29-25-23(28)12-9-13-24(25)35-27/h6-17H,3-5,18-19H2,1-2H3. The summed E-state index contributed by atoms with van der Waals surface area (Å²) in [6.45, 7) is 5.05. The van der Waals surface area contributed by atoms with Crippen molar-refractivity contribution in [2.45, 2.75) is 38.1 Å². The number of aromatic nitrogens is 1. The van der Waals surface area contributed by atoms with Crippen LogP contribution in [0.15, 0.2) is 77.7 Å². The van der Waals surface area contributed by atoms with E-state index in [9.17, 15) is 13.2 Å². The van der Waals surface area contributed by atoms with Gasteiger partial charge in [0, 0.05) is 18.7 Å². The van der Waals surface area contributed by atoms with E-state index in [1.165, 1.54) is 27.8 Å². The Morgan fingerprint density at radius 3 is 2.33 bits per heavy atom. The first kappa shape index (κ1) is 26.3. The van der Waals surface area contributed by atoms with Crippen LogP contribution in [0.4, 0.5) is 5.13 Å². The first-order chi connectivity index (χ1) is 17.3. The van der Waals surface area contributed by atoms with Gasteiger partial charge >= 0.3 is 0 Å². The Hall–Kier alpha value is -2.78. The highest BCUT2D eigenvalue weighted by atomic mass is 35.5. The third-order valence-electron chi connectivity index (χ3n) is 5.87. The molecule has 0 aliphatic rings. The maximum Gasteiger partial charge on any atom is 0.260 e. The van der Waals surface area contributed by atoms with Crippen molar-refractivity contribution in [3.63, 3.8) is 0 Å². The molecule has 36 heavy (non-hydrogen) atoms. The Kier molecular flexibility index (Phi) is 8.41. The summed E-state index contributed by atoms with van der Waals surface area (Å²) in [5, 5.41) is 1.06. The monoisotopic (exact) mass is 541 g/mol. The van der Waals surface area contributed by atoms with Gasteiger partial charge in [-0.2, -0.15) is 4.31 Å². The van der Waals surface area contributed by atoms with Crippen LogP contribution in [-0.2, 0) is 16.6 Å². The number of unbranched alkanes of at least 4 members (excludes halogenated alkanes) is 1. The van der Waals surface area contributed by atoms with Crippen LogP contribution in [0.25, 0.3) is 10.2 Å². The number of anilines is 1. The molecule has 0 atom stereocenters. The molecule has 0 saturated heterocycles. The predicted molar refractivity (Wildman–Crippen MR) is 147 cm³/mol. The number of thiazole rings is 1. The molecule has 0 fully saturated rings. The van der Waals surface area contributed by atoms with Gasteiger partial charge in [-0.15, -0.1) is 0 Å². The number of hydrogen-bond acceptors (Lipinski definition) is 5. The van der Waals surface area contributed by atoms with Crippen LogP contribution in [0.3, 0.4) is 0 Å². The van der Waals surface area contributed by atoms with Crippen molar-refractivity contribution in [3.8, 4) is 0 Å². The lowest BCUT2D eigenvalue weighted by molar-refractivity contribution is 0.0985. The third kappa shape index (κ3) is 5.62. The summed E-state index contributed by atoms with van der Waals surface area (Å²) in [4.78, 5) is 20.2.